The summed E-state index contributed by atoms with van der Waals surface area (Å²) in [6.45, 7) is 0.607. The summed E-state index contributed by atoms with van der Waals surface area (Å²) in [5.41, 5.74) is 9.18. The quantitative estimate of drug-likeness (QED) is 0.621. The number of imidazole rings is 1. The molecule has 0 aliphatic heterocycles. The maximum Gasteiger partial charge on any atom is 0.199 e. The van der Waals surface area contributed by atoms with E-state index >= 15 is 0 Å². The van der Waals surface area contributed by atoms with Crippen molar-refractivity contribution in [2.75, 3.05) is 5.73 Å². The number of nitrogens with two attached hydrogens (primary N) is 1. The Hall–Kier alpha value is -3.22. The number of fused-ring (bicyclic) bond motifs is 1. The third-order valence-corrected chi connectivity index (χ3v) is 3.44. The number of rotatable bonds is 3. The van der Waals surface area contributed by atoms with Crippen molar-refractivity contribution in [2.45, 2.75) is 6.54 Å². The zero-order valence-electron chi connectivity index (χ0n) is 11.5. The SMILES string of the molecule is Nc1nonc1-c1nc2ccccc2n1Cc1cccnc1. The van der Waals surface area contributed by atoms with Crippen molar-refractivity contribution in [1.29, 1.82) is 0 Å². The van der Waals surface area contributed by atoms with E-state index in [-0.39, 0.29) is 5.82 Å². The zero-order chi connectivity index (χ0) is 14.9. The van der Waals surface area contributed by atoms with E-state index in [1.807, 2.05) is 47.2 Å². The van der Waals surface area contributed by atoms with Gasteiger partial charge in [-0.15, -0.1) is 0 Å². The molecule has 108 valence electrons. The Morgan fingerprint density at radius 1 is 1.09 bits per heavy atom. The fraction of sp³-hybridized carbons (Fsp3) is 0.0667. The van der Waals surface area contributed by atoms with Crippen molar-refractivity contribution >= 4 is 16.9 Å². The van der Waals surface area contributed by atoms with Crippen molar-refractivity contribution < 1.29 is 4.63 Å². The maximum atomic E-state index is 5.82. The second-order valence-electron chi connectivity index (χ2n) is 4.87. The fourth-order valence-corrected chi connectivity index (χ4v) is 2.44. The monoisotopic (exact) mass is 292 g/mol. The summed E-state index contributed by atoms with van der Waals surface area (Å²) in [6, 6.07) is 11.8. The molecular formula is C15H12N6O. The van der Waals surface area contributed by atoms with E-state index in [1.165, 1.54) is 0 Å². The second-order valence-corrected chi connectivity index (χ2v) is 4.87. The minimum atomic E-state index is 0.225. The summed E-state index contributed by atoms with van der Waals surface area (Å²) in [6.07, 6.45) is 3.57. The van der Waals surface area contributed by atoms with E-state index in [0.717, 1.165) is 16.6 Å². The second kappa shape index (κ2) is 4.96. The molecule has 0 bridgehead atoms. The number of nitrogen functional groups attached to an aromatic ring is 1. The Labute approximate surface area is 125 Å². The van der Waals surface area contributed by atoms with E-state index in [0.29, 0.717) is 18.1 Å². The van der Waals surface area contributed by atoms with Gasteiger partial charge in [-0.2, -0.15) is 0 Å². The Morgan fingerprint density at radius 3 is 2.77 bits per heavy atom. The third kappa shape index (κ3) is 1.99. The highest BCUT2D eigenvalue weighted by molar-refractivity contribution is 5.81. The van der Waals surface area contributed by atoms with Crippen LogP contribution >= 0.6 is 0 Å². The van der Waals surface area contributed by atoms with Gasteiger partial charge in [-0.1, -0.05) is 18.2 Å². The first-order valence-electron chi connectivity index (χ1n) is 6.75. The van der Waals surface area contributed by atoms with E-state index in [1.54, 1.807) is 6.20 Å². The number of pyridine rings is 1. The molecule has 4 aromatic rings. The minimum Gasteiger partial charge on any atom is -0.379 e. The predicted molar refractivity (Wildman–Crippen MR) is 80.8 cm³/mol. The van der Waals surface area contributed by atoms with Crippen LogP contribution in [0.25, 0.3) is 22.6 Å². The van der Waals surface area contributed by atoms with Crippen LogP contribution in [0.4, 0.5) is 5.82 Å². The molecule has 0 unspecified atom stereocenters. The molecule has 0 saturated heterocycles. The molecular weight excluding hydrogens is 280 g/mol. The molecule has 0 fully saturated rings. The number of nitrogens with zero attached hydrogens (tertiary/aromatic N) is 5. The summed E-state index contributed by atoms with van der Waals surface area (Å²) < 4.78 is 6.74. The fourth-order valence-electron chi connectivity index (χ4n) is 2.44. The van der Waals surface area contributed by atoms with Gasteiger partial charge < -0.3 is 10.3 Å². The molecule has 0 saturated carbocycles. The van der Waals surface area contributed by atoms with E-state index < -0.39 is 0 Å². The standard InChI is InChI=1S/C15H12N6O/c16-14-13(19-22-20-14)15-18-11-5-1-2-6-12(11)21(15)9-10-4-3-7-17-8-10/h1-8H,9H2,(H2,16,20). The molecule has 22 heavy (non-hydrogen) atoms. The lowest BCUT2D eigenvalue weighted by atomic mass is 10.2. The van der Waals surface area contributed by atoms with Gasteiger partial charge in [0.15, 0.2) is 17.3 Å². The van der Waals surface area contributed by atoms with Gasteiger partial charge in [0.25, 0.3) is 0 Å². The highest BCUT2D eigenvalue weighted by atomic mass is 16.6. The molecule has 1 aromatic carbocycles. The maximum absolute atomic E-state index is 5.82. The molecule has 0 atom stereocenters. The highest BCUT2D eigenvalue weighted by Crippen LogP contribution is 2.27. The van der Waals surface area contributed by atoms with Crippen LogP contribution in [0.5, 0.6) is 0 Å². The number of aromatic nitrogens is 5. The van der Waals surface area contributed by atoms with Crippen molar-refractivity contribution in [3.8, 4) is 11.5 Å². The van der Waals surface area contributed by atoms with Crippen LogP contribution < -0.4 is 5.73 Å². The summed E-state index contributed by atoms with van der Waals surface area (Å²) in [5.74, 6) is 0.853. The van der Waals surface area contributed by atoms with E-state index in [2.05, 4.69) is 20.3 Å². The first-order valence-corrected chi connectivity index (χ1v) is 6.75. The summed E-state index contributed by atoms with van der Waals surface area (Å²) in [7, 11) is 0. The highest BCUT2D eigenvalue weighted by Gasteiger charge is 2.19. The van der Waals surface area contributed by atoms with E-state index in [4.69, 9.17) is 10.4 Å². The Kier molecular flexibility index (Phi) is 2.82. The van der Waals surface area contributed by atoms with Crippen molar-refractivity contribution in [3.05, 3.63) is 54.4 Å². The number of anilines is 1. The van der Waals surface area contributed by atoms with Gasteiger partial charge in [-0.3, -0.25) is 4.98 Å². The average Bonchev–Trinajstić information content (AvgIpc) is 3.12. The molecule has 7 nitrogen and oxygen atoms in total. The lowest BCUT2D eigenvalue weighted by molar-refractivity contribution is 0.310. The van der Waals surface area contributed by atoms with Crippen LogP contribution in [0.2, 0.25) is 0 Å². The van der Waals surface area contributed by atoms with Crippen LogP contribution in [-0.4, -0.2) is 24.8 Å². The molecule has 0 radical (unpaired) electrons. The molecule has 7 heteroatoms. The smallest absolute Gasteiger partial charge is 0.199 e. The van der Waals surface area contributed by atoms with Crippen LogP contribution in [0.1, 0.15) is 5.56 Å². The molecule has 3 aromatic heterocycles. The largest absolute Gasteiger partial charge is 0.379 e. The third-order valence-electron chi connectivity index (χ3n) is 3.44. The topological polar surface area (TPSA) is 95.6 Å². The Morgan fingerprint density at radius 2 is 2.00 bits per heavy atom. The molecule has 0 aliphatic rings. The molecule has 0 amide bonds. The summed E-state index contributed by atoms with van der Waals surface area (Å²) in [5, 5.41) is 7.51. The molecule has 4 rings (SSSR count). The average molecular weight is 292 g/mol. The number of benzene rings is 1. The van der Waals surface area contributed by atoms with Crippen molar-refractivity contribution in [2.24, 2.45) is 0 Å². The lowest BCUT2D eigenvalue weighted by Gasteiger charge is -2.07. The first-order chi connectivity index (χ1) is 10.8. The van der Waals surface area contributed by atoms with Gasteiger partial charge in [0, 0.05) is 12.4 Å². The van der Waals surface area contributed by atoms with Crippen LogP contribution in [0.15, 0.2) is 53.4 Å². The van der Waals surface area contributed by atoms with Crippen molar-refractivity contribution in [3.63, 3.8) is 0 Å². The zero-order valence-corrected chi connectivity index (χ0v) is 11.5. The normalized spacial score (nSPS) is 11.1. The summed E-state index contributed by atoms with van der Waals surface area (Å²) in [4.78, 5) is 8.76. The molecule has 0 spiro atoms. The summed E-state index contributed by atoms with van der Waals surface area (Å²) >= 11 is 0. The Balaban J connectivity index is 1.93. The molecule has 3 heterocycles. The van der Waals surface area contributed by atoms with Gasteiger partial charge in [0.2, 0.25) is 0 Å². The Bertz CT molecular complexity index is 928. The lowest BCUT2D eigenvalue weighted by Crippen LogP contribution is -2.04. The number of hydrogen-bond acceptors (Lipinski definition) is 6. The molecule has 2 N–H and O–H groups in total. The van der Waals surface area contributed by atoms with Gasteiger partial charge in [-0.25, -0.2) is 9.61 Å². The van der Waals surface area contributed by atoms with Gasteiger partial charge in [-0.05, 0) is 34.1 Å². The first kappa shape index (κ1) is 12.5. The van der Waals surface area contributed by atoms with Crippen LogP contribution in [-0.2, 0) is 6.54 Å². The van der Waals surface area contributed by atoms with Gasteiger partial charge in [0.05, 0.1) is 17.6 Å². The van der Waals surface area contributed by atoms with E-state index in [9.17, 15) is 0 Å². The number of hydrogen-bond donors (Lipinski definition) is 1. The van der Waals surface area contributed by atoms with Crippen LogP contribution in [0.3, 0.4) is 0 Å². The van der Waals surface area contributed by atoms with Gasteiger partial charge in [0.1, 0.15) is 0 Å². The van der Waals surface area contributed by atoms with Gasteiger partial charge >= 0.3 is 0 Å². The predicted octanol–water partition coefficient (Wildman–Crippen LogP) is 2.11. The van der Waals surface area contributed by atoms with Crippen LogP contribution in [0, 0.1) is 0 Å². The van der Waals surface area contributed by atoms with Crippen molar-refractivity contribution in [1.82, 2.24) is 24.8 Å². The number of para-hydroxylation sites is 2. The molecule has 0 aliphatic carbocycles. The minimum absolute atomic E-state index is 0.225.